The maximum atomic E-state index is 13.5. The number of hydrogen-bond acceptors (Lipinski definition) is 3. The molecule has 0 aromatic heterocycles. The van der Waals surface area contributed by atoms with E-state index in [1.807, 2.05) is 68.4 Å². The zero-order valence-corrected chi connectivity index (χ0v) is 20.4. The Bertz CT molecular complexity index is 1090. The minimum Gasteiger partial charge on any atom is -0.484 e. The van der Waals surface area contributed by atoms with Gasteiger partial charge in [-0.15, -0.1) is 0 Å². The van der Waals surface area contributed by atoms with Crippen molar-refractivity contribution in [1.82, 2.24) is 10.2 Å². The molecule has 3 rings (SSSR count). The Labute approximate surface area is 206 Å². The molecular formula is C28H31ClN2O3. The van der Waals surface area contributed by atoms with E-state index in [1.54, 1.807) is 29.2 Å². The Kier molecular flexibility index (Phi) is 9.53. The largest absolute Gasteiger partial charge is 0.484 e. The van der Waals surface area contributed by atoms with Crippen LogP contribution in [0.25, 0.3) is 0 Å². The highest BCUT2D eigenvalue weighted by Gasteiger charge is 2.30. The van der Waals surface area contributed by atoms with Crippen molar-refractivity contribution in [3.8, 4) is 5.75 Å². The second-order valence-electron chi connectivity index (χ2n) is 8.19. The molecule has 0 aliphatic carbocycles. The smallest absolute Gasteiger partial charge is 0.261 e. The number of amides is 2. The third kappa shape index (κ3) is 7.35. The lowest BCUT2D eigenvalue weighted by Gasteiger charge is -2.32. The van der Waals surface area contributed by atoms with Gasteiger partial charge in [-0.3, -0.25) is 9.59 Å². The van der Waals surface area contributed by atoms with Gasteiger partial charge in [-0.25, -0.2) is 0 Å². The lowest BCUT2D eigenvalue weighted by atomic mass is 10.0. The van der Waals surface area contributed by atoms with Crippen LogP contribution in [0.3, 0.4) is 0 Å². The average molecular weight is 479 g/mol. The molecule has 0 aliphatic rings. The third-order valence-electron chi connectivity index (χ3n) is 5.58. The van der Waals surface area contributed by atoms with Crippen LogP contribution in [-0.2, 0) is 22.6 Å². The van der Waals surface area contributed by atoms with E-state index >= 15 is 0 Å². The lowest BCUT2D eigenvalue weighted by molar-refractivity contribution is -0.142. The minimum absolute atomic E-state index is 0.171. The Morgan fingerprint density at radius 1 is 1.00 bits per heavy atom. The number of hydrogen-bond donors (Lipinski definition) is 1. The fourth-order valence-electron chi connectivity index (χ4n) is 3.68. The SMILES string of the molecule is CCCNC(=O)[C@H](Cc1ccccc1)N(Cc1ccccc1C)C(=O)COc1cccc(Cl)c1. The standard InChI is InChI=1S/C28H31ClN2O3/c1-3-16-30-28(33)26(17-22-11-5-4-6-12-22)31(19-23-13-8-7-10-21(23)2)27(32)20-34-25-15-9-14-24(29)18-25/h4-15,18,26H,3,16-17,19-20H2,1-2H3,(H,30,33)/t26-/m0/s1. The van der Waals surface area contributed by atoms with Crippen LogP contribution in [0.1, 0.15) is 30.0 Å². The first-order valence-electron chi connectivity index (χ1n) is 11.5. The van der Waals surface area contributed by atoms with Crippen molar-refractivity contribution >= 4 is 23.4 Å². The second-order valence-corrected chi connectivity index (χ2v) is 8.63. The topological polar surface area (TPSA) is 58.6 Å². The fraction of sp³-hybridized carbons (Fsp3) is 0.286. The number of nitrogens with one attached hydrogen (secondary N) is 1. The van der Waals surface area contributed by atoms with Crippen molar-refractivity contribution in [3.63, 3.8) is 0 Å². The molecule has 0 fully saturated rings. The number of ether oxygens (including phenoxy) is 1. The average Bonchev–Trinajstić information content (AvgIpc) is 2.85. The molecule has 0 aliphatic heterocycles. The fourth-order valence-corrected chi connectivity index (χ4v) is 3.86. The summed E-state index contributed by atoms with van der Waals surface area (Å²) in [5.74, 6) is 0.0675. The highest BCUT2D eigenvalue weighted by Crippen LogP contribution is 2.20. The molecule has 34 heavy (non-hydrogen) atoms. The van der Waals surface area contributed by atoms with Crippen LogP contribution in [0.4, 0.5) is 0 Å². The number of aryl methyl sites for hydroxylation is 1. The first kappa shape index (κ1) is 25.3. The molecule has 3 aromatic carbocycles. The molecule has 1 N–H and O–H groups in total. The van der Waals surface area contributed by atoms with Crippen LogP contribution in [0.15, 0.2) is 78.9 Å². The van der Waals surface area contributed by atoms with E-state index in [2.05, 4.69) is 5.32 Å². The summed E-state index contributed by atoms with van der Waals surface area (Å²) >= 11 is 6.05. The highest BCUT2D eigenvalue weighted by atomic mass is 35.5. The van der Waals surface area contributed by atoms with Gasteiger partial charge in [-0.1, -0.05) is 79.2 Å². The molecule has 3 aromatic rings. The Morgan fingerprint density at radius 2 is 1.74 bits per heavy atom. The maximum Gasteiger partial charge on any atom is 0.261 e. The summed E-state index contributed by atoms with van der Waals surface area (Å²) in [6.07, 6.45) is 1.22. The Hall–Kier alpha value is -3.31. The molecule has 0 heterocycles. The van der Waals surface area contributed by atoms with Crippen molar-refractivity contribution < 1.29 is 14.3 Å². The first-order chi connectivity index (χ1) is 16.5. The van der Waals surface area contributed by atoms with E-state index in [9.17, 15) is 9.59 Å². The Balaban J connectivity index is 1.90. The summed E-state index contributed by atoms with van der Waals surface area (Å²) in [5, 5.41) is 3.51. The normalized spacial score (nSPS) is 11.5. The van der Waals surface area contributed by atoms with Crippen molar-refractivity contribution in [2.75, 3.05) is 13.2 Å². The molecule has 5 nitrogen and oxygen atoms in total. The number of nitrogens with zero attached hydrogens (tertiary/aromatic N) is 1. The van der Waals surface area contributed by atoms with E-state index in [0.29, 0.717) is 30.3 Å². The lowest BCUT2D eigenvalue weighted by Crippen LogP contribution is -2.51. The van der Waals surface area contributed by atoms with Gasteiger partial charge in [0.05, 0.1) is 0 Å². The van der Waals surface area contributed by atoms with Crippen LogP contribution in [0.2, 0.25) is 5.02 Å². The zero-order valence-electron chi connectivity index (χ0n) is 19.7. The quantitative estimate of drug-likeness (QED) is 0.412. The summed E-state index contributed by atoms with van der Waals surface area (Å²) < 4.78 is 5.75. The van der Waals surface area contributed by atoms with E-state index in [4.69, 9.17) is 16.3 Å². The summed E-state index contributed by atoms with van der Waals surface area (Å²) in [4.78, 5) is 28.4. The van der Waals surface area contributed by atoms with Crippen molar-refractivity contribution in [1.29, 1.82) is 0 Å². The predicted octanol–water partition coefficient (Wildman–Crippen LogP) is 5.19. The summed E-state index contributed by atoms with van der Waals surface area (Å²) in [7, 11) is 0. The van der Waals surface area contributed by atoms with Crippen molar-refractivity contribution in [2.45, 2.75) is 39.3 Å². The second kappa shape index (κ2) is 12.8. The molecule has 2 amide bonds. The number of carbonyl (C=O) groups excluding carboxylic acids is 2. The number of halogens is 1. The molecule has 0 saturated heterocycles. The van der Waals surface area contributed by atoms with Gasteiger partial charge >= 0.3 is 0 Å². The van der Waals surface area contributed by atoms with E-state index < -0.39 is 6.04 Å². The number of benzene rings is 3. The molecule has 1 atom stereocenters. The molecule has 6 heteroatoms. The van der Waals surface area contributed by atoms with E-state index in [0.717, 1.165) is 23.1 Å². The van der Waals surface area contributed by atoms with Gasteiger partial charge in [-0.2, -0.15) is 0 Å². The number of carbonyl (C=O) groups is 2. The number of rotatable bonds is 11. The molecule has 178 valence electrons. The third-order valence-corrected chi connectivity index (χ3v) is 5.82. The van der Waals surface area contributed by atoms with Crippen LogP contribution < -0.4 is 10.1 Å². The molecule has 0 bridgehead atoms. The molecule has 0 radical (unpaired) electrons. The maximum absolute atomic E-state index is 13.5. The van der Waals surface area contributed by atoms with Gasteiger partial charge in [0.1, 0.15) is 11.8 Å². The van der Waals surface area contributed by atoms with Gasteiger partial charge in [-0.05, 0) is 48.2 Å². The minimum atomic E-state index is -0.677. The summed E-state index contributed by atoms with van der Waals surface area (Å²) in [5.41, 5.74) is 3.03. The monoisotopic (exact) mass is 478 g/mol. The van der Waals surface area contributed by atoms with Crippen molar-refractivity contribution in [2.24, 2.45) is 0 Å². The van der Waals surface area contributed by atoms with Gasteiger partial charge in [0.25, 0.3) is 5.91 Å². The molecular weight excluding hydrogens is 448 g/mol. The molecule has 0 unspecified atom stereocenters. The van der Waals surface area contributed by atoms with Gasteiger partial charge in [0, 0.05) is 24.5 Å². The van der Waals surface area contributed by atoms with Crippen molar-refractivity contribution in [3.05, 3.63) is 101 Å². The highest BCUT2D eigenvalue weighted by molar-refractivity contribution is 6.30. The van der Waals surface area contributed by atoms with E-state index in [1.165, 1.54) is 0 Å². The summed E-state index contributed by atoms with van der Waals surface area (Å²) in [6, 6.07) is 23.9. The summed E-state index contributed by atoms with van der Waals surface area (Å²) in [6.45, 7) is 4.67. The predicted molar refractivity (Wildman–Crippen MR) is 136 cm³/mol. The van der Waals surface area contributed by atoms with E-state index in [-0.39, 0.29) is 18.4 Å². The van der Waals surface area contributed by atoms with Crippen LogP contribution in [0, 0.1) is 6.92 Å². The van der Waals surface area contributed by atoms with Gasteiger partial charge < -0.3 is 15.0 Å². The molecule has 0 spiro atoms. The van der Waals surface area contributed by atoms with Gasteiger partial charge in [0.15, 0.2) is 6.61 Å². The molecule has 0 saturated carbocycles. The van der Waals surface area contributed by atoms with Crippen LogP contribution in [-0.4, -0.2) is 35.9 Å². The van der Waals surface area contributed by atoms with Crippen LogP contribution >= 0.6 is 11.6 Å². The van der Waals surface area contributed by atoms with Crippen LogP contribution in [0.5, 0.6) is 5.75 Å². The zero-order chi connectivity index (χ0) is 24.3. The van der Waals surface area contributed by atoms with Gasteiger partial charge in [0.2, 0.25) is 5.91 Å². The first-order valence-corrected chi connectivity index (χ1v) is 11.9. The Morgan fingerprint density at radius 3 is 2.44 bits per heavy atom.